The predicted octanol–water partition coefficient (Wildman–Crippen LogP) is 5.43. The van der Waals surface area contributed by atoms with Gasteiger partial charge in [-0.2, -0.15) is 0 Å². The molecule has 5 nitrogen and oxygen atoms in total. The molecule has 2 atom stereocenters. The predicted molar refractivity (Wildman–Crippen MR) is 129 cm³/mol. The van der Waals surface area contributed by atoms with E-state index in [1.807, 2.05) is 42.7 Å². The molecule has 1 aromatic carbocycles. The second-order valence-electron chi connectivity index (χ2n) is 9.57. The Morgan fingerprint density at radius 3 is 2.64 bits per heavy atom. The SMILES string of the molecule is C[C@@H]1C2CCC(CC2)[C@H]1Cc1cc(C#Cc2ccccc2)nc(-c2c[nH]c3ncncc23)n1. The molecule has 5 heteroatoms. The summed E-state index contributed by atoms with van der Waals surface area (Å²) in [5, 5.41) is 0.932. The molecule has 0 amide bonds. The van der Waals surface area contributed by atoms with Crippen LogP contribution in [0.4, 0.5) is 0 Å². The molecule has 4 aromatic rings. The van der Waals surface area contributed by atoms with Gasteiger partial charge < -0.3 is 4.98 Å². The molecule has 3 aliphatic rings. The number of hydrogen-bond acceptors (Lipinski definition) is 4. The third kappa shape index (κ3) is 3.91. The minimum Gasteiger partial charge on any atom is -0.345 e. The molecule has 0 radical (unpaired) electrons. The highest BCUT2D eigenvalue weighted by Crippen LogP contribution is 2.49. The van der Waals surface area contributed by atoms with Crippen LogP contribution in [0.15, 0.2) is 55.1 Å². The summed E-state index contributed by atoms with van der Waals surface area (Å²) in [5.74, 6) is 10.4. The van der Waals surface area contributed by atoms with Crippen LogP contribution in [0.5, 0.6) is 0 Å². The van der Waals surface area contributed by atoms with Crippen molar-refractivity contribution >= 4 is 11.0 Å². The number of fused-ring (bicyclic) bond motifs is 4. The first kappa shape index (κ1) is 20.1. The van der Waals surface area contributed by atoms with E-state index in [4.69, 9.17) is 9.97 Å². The second-order valence-corrected chi connectivity index (χ2v) is 9.57. The summed E-state index contributed by atoms with van der Waals surface area (Å²) in [6.45, 7) is 2.45. The monoisotopic (exact) mass is 433 g/mol. The number of nitrogens with one attached hydrogen (secondary N) is 1. The van der Waals surface area contributed by atoms with Gasteiger partial charge in [-0.3, -0.25) is 0 Å². The average Bonchev–Trinajstić information content (AvgIpc) is 3.30. The molecule has 164 valence electrons. The number of hydrogen-bond donors (Lipinski definition) is 1. The van der Waals surface area contributed by atoms with E-state index in [9.17, 15) is 0 Å². The van der Waals surface area contributed by atoms with Crippen LogP contribution in [0.25, 0.3) is 22.4 Å². The summed E-state index contributed by atoms with van der Waals surface area (Å²) < 4.78 is 0. The molecular formula is C28H27N5. The fourth-order valence-electron chi connectivity index (χ4n) is 5.96. The van der Waals surface area contributed by atoms with E-state index in [0.717, 1.165) is 57.7 Å². The highest BCUT2D eigenvalue weighted by molar-refractivity contribution is 5.90. The molecule has 2 bridgehead atoms. The molecule has 3 heterocycles. The van der Waals surface area contributed by atoms with Crippen LogP contribution in [0.2, 0.25) is 0 Å². The summed E-state index contributed by atoms with van der Waals surface area (Å²) in [7, 11) is 0. The molecule has 3 aromatic heterocycles. The molecule has 3 saturated carbocycles. The summed E-state index contributed by atoms with van der Waals surface area (Å²) in [5.41, 5.74) is 4.56. The third-order valence-corrected chi connectivity index (χ3v) is 7.77. The van der Waals surface area contributed by atoms with Crippen molar-refractivity contribution < 1.29 is 0 Å². The van der Waals surface area contributed by atoms with Gasteiger partial charge >= 0.3 is 0 Å². The first-order chi connectivity index (χ1) is 16.2. The minimum atomic E-state index is 0.694. The van der Waals surface area contributed by atoms with Gasteiger partial charge in [0, 0.05) is 34.6 Å². The average molecular weight is 434 g/mol. The number of H-pyrrole nitrogens is 1. The number of aromatic nitrogens is 5. The summed E-state index contributed by atoms with van der Waals surface area (Å²) in [6, 6.07) is 12.2. The van der Waals surface area contributed by atoms with Crippen molar-refractivity contribution in [2.75, 3.05) is 0 Å². The van der Waals surface area contributed by atoms with Crippen molar-refractivity contribution in [1.29, 1.82) is 0 Å². The van der Waals surface area contributed by atoms with E-state index in [1.165, 1.54) is 25.7 Å². The maximum atomic E-state index is 5.04. The zero-order chi connectivity index (χ0) is 22.2. The lowest BCUT2D eigenvalue weighted by atomic mass is 9.58. The van der Waals surface area contributed by atoms with E-state index >= 15 is 0 Å². The molecule has 3 fully saturated rings. The smallest absolute Gasteiger partial charge is 0.163 e. The van der Waals surface area contributed by atoms with Crippen molar-refractivity contribution in [3.8, 4) is 23.2 Å². The van der Waals surface area contributed by atoms with Crippen molar-refractivity contribution in [1.82, 2.24) is 24.9 Å². The van der Waals surface area contributed by atoms with Gasteiger partial charge in [-0.15, -0.1) is 0 Å². The van der Waals surface area contributed by atoms with Crippen LogP contribution >= 0.6 is 0 Å². The fraction of sp³-hybridized carbons (Fsp3) is 0.357. The quantitative estimate of drug-likeness (QED) is 0.438. The fourth-order valence-corrected chi connectivity index (χ4v) is 5.96. The van der Waals surface area contributed by atoms with Crippen LogP contribution < -0.4 is 0 Å². The van der Waals surface area contributed by atoms with Gasteiger partial charge in [-0.25, -0.2) is 19.9 Å². The summed E-state index contributed by atoms with van der Waals surface area (Å²) in [4.78, 5) is 21.6. The van der Waals surface area contributed by atoms with E-state index in [2.05, 4.69) is 39.8 Å². The topological polar surface area (TPSA) is 67.3 Å². The Balaban J connectivity index is 1.41. The zero-order valence-corrected chi connectivity index (χ0v) is 18.8. The Morgan fingerprint density at radius 1 is 1.00 bits per heavy atom. The number of aromatic amines is 1. The lowest BCUT2D eigenvalue weighted by Gasteiger charge is -2.47. The van der Waals surface area contributed by atoms with Gasteiger partial charge in [0.05, 0.1) is 0 Å². The molecule has 1 N–H and O–H groups in total. The molecule has 0 spiro atoms. The highest BCUT2D eigenvalue weighted by Gasteiger charge is 2.41. The lowest BCUT2D eigenvalue weighted by molar-refractivity contribution is 0.0339. The second kappa shape index (κ2) is 8.44. The first-order valence-electron chi connectivity index (χ1n) is 12.0. The van der Waals surface area contributed by atoms with Crippen molar-refractivity contribution in [2.45, 2.75) is 39.0 Å². The first-order valence-corrected chi connectivity index (χ1v) is 12.0. The Morgan fingerprint density at radius 2 is 1.82 bits per heavy atom. The number of benzene rings is 1. The summed E-state index contributed by atoms with van der Waals surface area (Å²) in [6.07, 6.45) is 11.9. The van der Waals surface area contributed by atoms with Gasteiger partial charge in [0.25, 0.3) is 0 Å². The molecule has 0 saturated heterocycles. The molecule has 7 rings (SSSR count). The van der Waals surface area contributed by atoms with Gasteiger partial charge in [0.1, 0.15) is 17.7 Å². The Hall–Kier alpha value is -3.52. The van der Waals surface area contributed by atoms with E-state index < -0.39 is 0 Å². The van der Waals surface area contributed by atoms with Crippen LogP contribution in [0.1, 0.15) is 49.6 Å². The Bertz CT molecular complexity index is 1340. The normalized spacial score (nSPS) is 23.9. The van der Waals surface area contributed by atoms with Crippen molar-refractivity contribution in [3.63, 3.8) is 0 Å². The zero-order valence-electron chi connectivity index (χ0n) is 18.8. The van der Waals surface area contributed by atoms with E-state index in [1.54, 1.807) is 6.33 Å². The lowest BCUT2D eigenvalue weighted by Crippen LogP contribution is -2.39. The maximum absolute atomic E-state index is 5.04. The van der Waals surface area contributed by atoms with E-state index in [0.29, 0.717) is 11.7 Å². The number of nitrogens with zero attached hydrogens (tertiary/aromatic N) is 4. The Kier molecular flexibility index (Phi) is 5.14. The van der Waals surface area contributed by atoms with Gasteiger partial charge in [0.2, 0.25) is 0 Å². The summed E-state index contributed by atoms with van der Waals surface area (Å²) >= 11 is 0. The molecular weight excluding hydrogens is 406 g/mol. The standard InChI is InChI=1S/C28H27N5/c1-18-20-8-10-21(11-9-20)24(18)14-23-13-22(12-7-19-5-3-2-4-6-19)32-28(33-23)26-16-30-27-25(26)15-29-17-31-27/h2-6,13,15-18,20-21,24H,8-11,14H2,1H3,(H,29,30,31)/t18-,20?,21?,24+/m1/s1. The molecule has 3 aliphatic carbocycles. The van der Waals surface area contributed by atoms with Crippen LogP contribution in [0, 0.1) is 35.5 Å². The van der Waals surface area contributed by atoms with Crippen LogP contribution in [-0.2, 0) is 6.42 Å². The van der Waals surface area contributed by atoms with Crippen molar-refractivity contribution in [2.24, 2.45) is 23.7 Å². The minimum absolute atomic E-state index is 0.694. The van der Waals surface area contributed by atoms with Gasteiger partial charge in [-0.05, 0) is 79.9 Å². The Labute approximate surface area is 194 Å². The molecule has 0 unspecified atom stereocenters. The largest absolute Gasteiger partial charge is 0.345 e. The molecule has 0 aliphatic heterocycles. The number of rotatable bonds is 3. The van der Waals surface area contributed by atoms with Crippen molar-refractivity contribution in [3.05, 3.63) is 72.1 Å². The third-order valence-electron chi connectivity index (χ3n) is 7.77. The van der Waals surface area contributed by atoms with Crippen LogP contribution in [0.3, 0.4) is 0 Å². The van der Waals surface area contributed by atoms with Gasteiger partial charge in [0.15, 0.2) is 5.82 Å². The molecule has 33 heavy (non-hydrogen) atoms. The van der Waals surface area contributed by atoms with Gasteiger partial charge in [-0.1, -0.05) is 31.0 Å². The highest BCUT2D eigenvalue weighted by atomic mass is 14.9. The maximum Gasteiger partial charge on any atom is 0.163 e. The van der Waals surface area contributed by atoms with E-state index in [-0.39, 0.29) is 0 Å². The van der Waals surface area contributed by atoms with Crippen LogP contribution in [-0.4, -0.2) is 24.9 Å².